The van der Waals surface area contributed by atoms with Crippen molar-refractivity contribution in [2.45, 2.75) is 20.0 Å². The average molecular weight is 174 g/mol. The summed E-state index contributed by atoms with van der Waals surface area (Å²) < 4.78 is 15.6. The molecule has 72 valence electrons. The van der Waals surface area contributed by atoms with Gasteiger partial charge in [-0.15, -0.1) is 0 Å². The van der Waals surface area contributed by atoms with Crippen molar-refractivity contribution in [3.63, 3.8) is 0 Å². The molecule has 0 aromatic rings. The Bertz CT molecular complexity index is 104. The van der Waals surface area contributed by atoms with Crippen LogP contribution in [0.3, 0.4) is 0 Å². The van der Waals surface area contributed by atoms with E-state index >= 15 is 0 Å². The van der Waals surface area contributed by atoms with Crippen molar-refractivity contribution < 1.29 is 14.2 Å². The molecule has 0 aromatic heterocycles. The minimum absolute atomic E-state index is 0.0212. The maximum Gasteiger partial charge on any atom is 0.116 e. The molecule has 0 fully saturated rings. The quantitative estimate of drug-likeness (QED) is 0.523. The molecule has 12 heavy (non-hydrogen) atoms. The Kier molecular flexibility index (Phi) is 8.17. The maximum atomic E-state index is 5.35. The molecule has 0 aliphatic rings. The lowest BCUT2D eigenvalue weighted by molar-refractivity contribution is -0.0381. The van der Waals surface area contributed by atoms with E-state index in [9.17, 15) is 0 Å². The maximum absolute atomic E-state index is 5.35. The Morgan fingerprint density at radius 3 is 2.50 bits per heavy atom. The lowest BCUT2D eigenvalue weighted by Gasteiger charge is -2.15. The Balaban J connectivity index is 3.46. The number of hydrogen-bond acceptors (Lipinski definition) is 3. The second-order valence-corrected chi connectivity index (χ2v) is 2.24. The molecule has 1 atom stereocenters. The smallest absolute Gasteiger partial charge is 0.116 e. The predicted molar refractivity (Wildman–Crippen MR) is 48.1 cm³/mol. The van der Waals surface area contributed by atoms with Crippen molar-refractivity contribution in [2.75, 3.05) is 26.4 Å². The van der Waals surface area contributed by atoms with Crippen LogP contribution in [0, 0.1) is 0 Å². The SMILES string of the molecule is C=COCC(COCC)OCC. The molecule has 3 nitrogen and oxygen atoms in total. The van der Waals surface area contributed by atoms with Gasteiger partial charge in [0, 0.05) is 13.2 Å². The van der Waals surface area contributed by atoms with E-state index in [2.05, 4.69) is 6.58 Å². The Hall–Kier alpha value is -0.540. The van der Waals surface area contributed by atoms with Gasteiger partial charge in [-0.1, -0.05) is 6.58 Å². The Labute approximate surface area is 74.3 Å². The molecule has 0 N–H and O–H groups in total. The van der Waals surface area contributed by atoms with Gasteiger partial charge in [-0.25, -0.2) is 0 Å². The molecule has 0 amide bonds. The van der Waals surface area contributed by atoms with Gasteiger partial charge in [0.2, 0.25) is 0 Å². The van der Waals surface area contributed by atoms with E-state index in [1.54, 1.807) is 0 Å². The molecule has 0 aliphatic heterocycles. The first-order chi connectivity index (χ1) is 5.85. The summed E-state index contributed by atoms with van der Waals surface area (Å²) in [6.45, 7) is 9.84. The first-order valence-electron chi connectivity index (χ1n) is 4.27. The van der Waals surface area contributed by atoms with Crippen LogP contribution in [0.4, 0.5) is 0 Å². The summed E-state index contributed by atoms with van der Waals surface area (Å²) in [5, 5.41) is 0. The largest absolute Gasteiger partial charge is 0.499 e. The molecule has 3 heteroatoms. The van der Waals surface area contributed by atoms with Crippen LogP contribution in [0.5, 0.6) is 0 Å². The lowest BCUT2D eigenvalue weighted by Crippen LogP contribution is -2.24. The van der Waals surface area contributed by atoms with E-state index in [1.165, 1.54) is 6.26 Å². The van der Waals surface area contributed by atoms with Crippen molar-refractivity contribution in [3.8, 4) is 0 Å². The van der Waals surface area contributed by atoms with Gasteiger partial charge in [-0.3, -0.25) is 0 Å². The van der Waals surface area contributed by atoms with Gasteiger partial charge in [0.05, 0.1) is 12.9 Å². The van der Waals surface area contributed by atoms with Crippen LogP contribution < -0.4 is 0 Å². The van der Waals surface area contributed by atoms with Crippen LogP contribution in [0.15, 0.2) is 12.8 Å². The highest BCUT2D eigenvalue weighted by Crippen LogP contribution is 1.95. The molecule has 0 saturated heterocycles. The molecule has 0 spiro atoms. The number of ether oxygens (including phenoxy) is 3. The fraction of sp³-hybridized carbons (Fsp3) is 0.778. The van der Waals surface area contributed by atoms with Crippen LogP contribution >= 0.6 is 0 Å². The minimum atomic E-state index is 0.0212. The molecule has 0 aromatic carbocycles. The zero-order valence-corrected chi connectivity index (χ0v) is 7.91. The average Bonchev–Trinajstić information content (AvgIpc) is 2.10. The van der Waals surface area contributed by atoms with Crippen LogP contribution in [0.2, 0.25) is 0 Å². The molecule has 0 rings (SSSR count). The number of hydrogen-bond donors (Lipinski definition) is 0. The summed E-state index contributed by atoms with van der Waals surface area (Å²) in [7, 11) is 0. The summed E-state index contributed by atoms with van der Waals surface area (Å²) in [6, 6.07) is 0. The minimum Gasteiger partial charge on any atom is -0.499 e. The molecule has 0 heterocycles. The van der Waals surface area contributed by atoms with Gasteiger partial charge in [0.25, 0.3) is 0 Å². The highest BCUT2D eigenvalue weighted by Gasteiger charge is 2.07. The third-order valence-electron chi connectivity index (χ3n) is 1.31. The zero-order chi connectivity index (χ0) is 9.23. The normalized spacial score (nSPS) is 12.5. The zero-order valence-electron chi connectivity index (χ0n) is 7.91. The first-order valence-corrected chi connectivity index (χ1v) is 4.27. The highest BCUT2D eigenvalue weighted by molar-refractivity contribution is 4.58. The topological polar surface area (TPSA) is 27.7 Å². The van der Waals surface area contributed by atoms with Crippen molar-refractivity contribution in [3.05, 3.63) is 12.8 Å². The van der Waals surface area contributed by atoms with E-state index in [4.69, 9.17) is 14.2 Å². The van der Waals surface area contributed by atoms with Crippen LogP contribution in [0.25, 0.3) is 0 Å². The van der Waals surface area contributed by atoms with Crippen LogP contribution in [-0.2, 0) is 14.2 Å². The van der Waals surface area contributed by atoms with Crippen molar-refractivity contribution in [2.24, 2.45) is 0 Å². The van der Waals surface area contributed by atoms with Crippen molar-refractivity contribution in [1.82, 2.24) is 0 Å². The second-order valence-electron chi connectivity index (χ2n) is 2.24. The fourth-order valence-electron chi connectivity index (χ4n) is 0.805. The van der Waals surface area contributed by atoms with Crippen molar-refractivity contribution >= 4 is 0 Å². The third-order valence-corrected chi connectivity index (χ3v) is 1.31. The van der Waals surface area contributed by atoms with Gasteiger partial charge >= 0.3 is 0 Å². The standard InChI is InChI=1S/C9H18O3/c1-4-10-7-9(12-6-3)8-11-5-2/h4,9H,1,5-8H2,2-3H3. The Morgan fingerprint density at radius 1 is 1.25 bits per heavy atom. The lowest BCUT2D eigenvalue weighted by atomic mass is 10.4. The number of rotatable bonds is 8. The Morgan fingerprint density at radius 2 is 2.00 bits per heavy atom. The summed E-state index contributed by atoms with van der Waals surface area (Å²) in [5.74, 6) is 0. The molecule has 0 saturated carbocycles. The van der Waals surface area contributed by atoms with Crippen LogP contribution in [-0.4, -0.2) is 32.5 Å². The van der Waals surface area contributed by atoms with Gasteiger partial charge in [0.1, 0.15) is 12.7 Å². The summed E-state index contributed by atoms with van der Waals surface area (Å²) in [5.41, 5.74) is 0. The molecule has 1 unspecified atom stereocenters. The molecular formula is C9H18O3. The van der Waals surface area contributed by atoms with E-state index in [1.807, 2.05) is 13.8 Å². The summed E-state index contributed by atoms with van der Waals surface area (Å²) in [6.07, 6.45) is 1.44. The predicted octanol–water partition coefficient (Wildman–Crippen LogP) is 1.59. The molecular weight excluding hydrogens is 156 g/mol. The monoisotopic (exact) mass is 174 g/mol. The molecule has 0 radical (unpaired) electrons. The summed E-state index contributed by atoms with van der Waals surface area (Å²) >= 11 is 0. The third kappa shape index (κ3) is 6.19. The van der Waals surface area contributed by atoms with Gasteiger partial charge in [0.15, 0.2) is 0 Å². The summed E-state index contributed by atoms with van der Waals surface area (Å²) in [4.78, 5) is 0. The second kappa shape index (κ2) is 8.56. The van der Waals surface area contributed by atoms with Gasteiger partial charge < -0.3 is 14.2 Å². The van der Waals surface area contributed by atoms with E-state index in [0.29, 0.717) is 26.4 Å². The van der Waals surface area contributed by atoms with Gasteiger partial charge in [-0.2, -0.15) is 0 Å². The van der Waals surface area contributed by atoms with E-state index < -0.39 is 0 Å². The molecule has 0 bridgehead atoms. The highest BCUT2D eigenvalue weighted by atomic mass is 16.6. The van der Waals surface area contributed by atoms with Crippen LogP contribution in [0.1, 0.15) is 13.8 Å². The first kappa shape index (κ1) is 11.5. The van der Waals surface area contributed by atoms with E-state index in [-0.39, 0.29) is 6.10 Å². The van der Waals surface area contributed by atoms with Gasteiger partial charge in [-0.05, 0) is 13.8 Å². The fourth-order valence-corrected chi connectivity index (χ4v) is 0.805. The molecule has 0 aliphatic carbocycles. The van der Waals surface area contributed by atoms with E-state index in [0.717, 1.165) is 0 Å². The van der Waals surface area contributed by atoms with Crippen molar-refractivity contribution in [1.29, 1.82) is 0 Å².